The summed E-state index contributed by atoms with van der Waals surface area (Å²) in [5, 5.41) is 0. The first-order chi connectivity index (χ1) is 12.2. The van der Waals surface area contributed by atoms with Crippen LogP contribution >= 0.6 is 0 Å². The van der Waals surface area contributed by atoms with Gasteiger partial charge in [-0.05, 0) is 47.5 Å². The molecule has 0 saturated carbocycles. The summed E-state index contributed by atoms with van der Waals surface area (Å²) in [6.07, 6.45) is 2.21. The molecule has 1 atom stereocenters. The topological polar surface area (TPSA) is 61.8 Å². The molecule has 3 rings (SSSR count). The third-order valence-electron chi connectivity index (χ3n) is 4.80. The maximum Gasteiger partial charge on any atom is 0.410 e. The van der Waals surface area contributed by atoms with Gasteiger partial charge in [0.05, 0.1) is 0 Å². The summed E-state index contributed by atoms with van der Waals surface area (Å²) in [5.41, 5.74) is 0.514. The second kappa shape index (κ2) is 7.29. The van der Waals surface area contributed by atoms with Crippen LogP contribution in [0, 0.1) is 6.92 Å². The summed E-state index contributed by atoms with van der Waals surface area (Å²) in [6.45, 7) is 13.9. The Hall–Kier alpha value is -2.05. The van der Waals surface area contributed by atoms with Crippen molar-refractivity contribution in [3.63, 3.8) is 0 Å². The number of amides is 1. The molecule has 7 heteroatoms. The van der Waals surface area contributed by atoms with Crippen LogP contribution < -0.4 is 9.80 Å². The molecule has 0 spiro atoms. The molecule has 144 valence electrons. The Balaban J connectivity index is 1.70. The molecule has 3 heterocycles. The summed E-state index contributed by atoms with van der Waals surface area (Å²) in [7, 11) is 0. The third kappa shape index (κ3) is 4.37. The number of anilines is 2. The van der Waals surface area contributed by atoms with Crippen LogP contribution in [0.3, 0.4) is 0 Å². The largest absolute Gasteiger partial charge is 0.444 e. The van der Waals surface area contributed by atoms with Crippen LogP contribution in [0.1, 0.15) is 46.2 Å². The van der Waals surface area contributed by atoms with Gasteiger partial charge in [-0.2, -0.15) is 4.98 Å². The molecule has 0 aromatic carbocycles. The minimum absolute atomic E-state index is 0.143. The van der Waals surface area contributed by atoms with E-state index in [2.05, 4.69) is 27.8 Å². The van der Waals surface area contributed by atoms with Gasteiger partial charge in [-0.1, -0.05) is 0 Å². The van der Waals surface area contributed by atoms with Gasteiger partial charge < -0.3 is 19.4 Å². The van der Waals surface area contributed by atoms with Crippen molar-refractivity contribution in [1.82, 2.24) is 14.9 Å². The molecule has 1 unspecified atom stereocenters. The predicted octanol–water partition coefficient (Wildman–Crippen LogP) is 2.83. The maximum atomic E-state index is 12.3. The van der Waals surface area contributed by atoms with Gasteiger partial charge in [0.2, 0.25) is 5.95 Å². The van der Waals surface area contributed by atoms with E-state index in [1.807, 2.05) is 27.7 Å². The highest BCUT2D eigenvalue weighted by atomic mass is 16.6. The van der Waals surface area contributed by atoms with E-state index in [-0.39, 0.29) is 12.1 Å². The fourth-order valence-electron chi connectivity index (χ4n) is 3.52. The third-order valence-corrected chi connectivity index (χ3v) is 4.80. The van der Waals surface area contributed by atoms with Crippen molar-refractivity contribution >= 4 is 17.9 Å². The number of aryl methyl sites for hydroxylation is 1. The smallest absolute Gasteiger partial charge is 0.410 e. The van der Waals surface area contributed by atoms with Gasteiger partial charge in [-0.15, -0.1) is 0 Å². The first kappa shape index (κ1) is 18.7. The average Bonchev–Trinajstić information content (AvgIpc) is 3.07. The number of aromatic nitrogens is 2. The first-order valence-electron chi connectivity index (χ1n) is 9.58. The molecule has 0 aliphatic carbocycles. The van der Waals surface area contributed by atoms with Crippen molar-refractivity contribution in [3.8, 4) is 0 Å². The molecule has 1 amide bonds. The van der Waals surface area contributed by atoms with Gasteiger partial charge in [0.1, 0.15) is 11.4 Å². The van der Waals surface area contributed by atoms with Crippen LogP contribution in [0.2, 0.25) is 0 Å². The van der Waals surface area contributed by atoms with Crippen molar-refractivity contribution in [2.45, 2.75) is 59.1 Å². The Morgan fingerprint density at radius 1 is 1.15 bits per heavy atom. The molecule has 0 N–H and O–H groups in total. The highest BCUT2D eigenvalue weighted by Gasteiger charge is 2.31. The Morgan fingerprint density at radius 2 is 1.85 bits per heavy atom. The number of rotatable bonds is 2. The standard InChI is InChI=1S/C19H31N5O2/c1-14-12-16(22-8-6-7-9-22)21-17(20-14)24-11-10-23(13-15(24)2)18(25)26-19(3,4)5/h12,15H,6-11,13H2,1-5H3. The molecule has 1 aromatic rings. The van der Waals surface area contributed by atoms with Gasteiger partial charge in [-0.3, -0.25) is 0 Å². The molecular weight excluding hydrogens is 330 g/mol. The summed E-state index contributed by atoms with van der Waals surface area (Å²) in [4.78, 5) is 28.1. The number of ether oxygens (including phenoxy) is 1. The van der Waals surface area contributed by atoms with E-state index in [9.17, 15) is 4.79 Å². The van der Waals surface area contributed by atoms with Gasteiger partial charge >= 0.3 is 6.09 Å². The van der Waals surface area contributed by atoms with Crippen LogP contribution in [0.4, 0.5) is 16.6 Å². The van der Waals surface area contributed by atoms with Crippen LogP contribution in [0.5, 0.6) is 0 Å². The number of nitrogens with zero attached hydrogens (tertiary/aromatic N) is 5. The minimum Gasteiger partial charge on any atom is -0.444 e. The summed E-state index contributed by atoms with van der Waals surface area (Å²) < 4.78 is 5.50. The molecule has 2 fully saturated rings. The predicted molar refractivity (Wildman–Crippen MR) is 103 cm³/mol. The number of hydrogen-bond donors (Lipinski definition) is 0. The van der Waals surface area contributed by atoms with Crippen molar-refractivity contribution in [2.75, 3.05) is 42.5 Å². The monoisotopic (exact) mass is 361 g/mol. The van der Waals surface area contributed by atoms with Crippen molar-refractivity contribution < 1.29 is 9.53 Å². The summed E-state index contributed by atoms with van der Waals surface area (Å²) in [6, 6.07) is 2.21. The lowest BCUT2D eigenvalue weighted by atomic mass is 10.2. The Labute approximate surface area is 156 Å². The maximum absolute atomic E-state index is 12.3. The van der Waals surface area contributed by atoms with Gasteiger partial charge in [-0.25, -0.2) is 9.78 Å². The highest BCUT2D eigenvalue weighted by Crippen LogP contribution is 2.24. The second-order valence-electron chi connectivity index (χ2n) is 8.33. The lowest BCUT2D eigenvalue weighted by Gasteiger charge is -2.40. The van der Waals surface area contributed by atoms with E-state index in [0.717, 1.165) is 30.5 Å². The molecular formula is C19H31N5O2. The van der Waals surface area contributed by atoms with E-state index < -0.39 is 5.60 Å². The van der Waals surface area contributed by atoms with E-state index in [1.54, 1.807) is 4.90 Å². The zero-order valence-electron chi connectivity index (χ0n) is 16.7. The number of hydrogen-bond acceptors (Lipinski definition) is 6. The van der Waals surface area contributed by atoms with Crippen LogP contribution in [0.25, 0.3) is 0 Å². The average molecular weight is 361 g/mol. The zero-order chi connectivity index (χ0) is 18.9. The lowest BCUT2D eigenvalue weighted by Crippen LogP contribution is -2.55. The van der Waals surface area contributed by atoms with E-state index in [0.29, 0.717) is 19.6 Å². The minimum atomic E-state index is -0.470. The zero-order valence-corrected chi connectivity index (χ0v) is 16.7. The molecule has 2 aliphatic heterocycles. The number of carbonyl (C=O) groups is 1. The number of piperazine rings is 1. The van der Waals surface area contributed by atoms with Crippen LogP contribution in [0.15, 0.2) is 6.07 Å². The molecule has 1 aromatic heterocycles. The molecule has 2 aliphatic rings. The molecule has 2 saturated heterocycles. The molecule has 0 radical (unpaired) electrons. The SMILES string of the molecule is Cc1cc(N2CCCC2)nc(N2CCN(C(=O)OC(C)(C)C)CC2C)n1. The Kier molecular flexibility index (Phi) is 5.25. The van der Waals surface area contributed by atoms with Gasteiger partial charge in [0.15, 0.2) is 0 Å². The van der Waals surface area contributed by atoms with E-state index >= 15 is 0 Å². The van der Waals surface area contributed by atoms with E-state index in [1.165, 1.54) is 12.8 Å². The van der Waals surface area contributed by atoms with E-state index in [4.69, 9.17) is 9.72 Å². The fourth-order valence-corrected chi connectivity index (χ4v) is 3.52. The quantitative estimate of drug-likeness (QED) is 0.807. The van der Waals surface area contributed by atoms with Crippen LogP contribution in [-0.4, -0.2) is 65.3 Å². The lowest BCUT2D eigenvalue weighted by molar-refractivity contribution is 0.0218. The van der Waals surface area contributed by atoms with Gasteiger partial charge in [0.25, 0.3) is 0 Å². The number of carbonyl (C=O) groups excluding carboxylic acids is 1. The fraction of sp³-hybridized carbons (Fsp3) is 0.737. The summed E-state index contributed by atoms with van der Waals surface area (Å²) >= 11 is 0. The highest BCUT2D eigenvalue weighted by molar-refractivity contribution is 5.68. The summed E-state index contributed by atoms with van der Waals surface area (Å²) in [5.74, 6) is 1.79. The Morgan fingerprint density at radius 3 is 2.46 bits per heavy atom. The van der Waals surface area contributed by atoms with Crippen molar-refractivity contribution in [1.29, 1.82) is 0 Å². The normalized spacial score (nSPS) is 21.3. The molecule has 0 bridgehead atoms. The van der Waals surface area contributed by atoms with Crippen molar-refractivity contribution in [2.24, 2.45) is 0 Å². The Bertz CT molecular complexity index is 652. The molecule has 7 nitrogen and oxygen atoms in total. The van der Waals surface area contributed by atoms with Crippen molar-refractivity contribution in [3.05, 3.63) is 11.8 Å². The molecule has 26 heavy (non-hydrogen) atoms. The van der Waals surface area contributed by atoms with Crippen LogP contribution in [-0.2, 0) is 4.74 Å². The van der Waals surface area contributed by atoms with Gasteiger partial charge in [0, 0.05) is 50.5 Å². The first-order valence-corrected chi connectivity index (χ1v) is 9.58. The second-order valence-corrected chi connectivity index (χ2v) is 8.33.